The lowest BCUT2D eigenvalue weighted by atomic mass is 10.1. The molecule has 0 saturated carbocycles. The number of aromatic nitrogens is 2. The lowest BCUT2D eigenvalue weighted by Gasteiger charge is -2.20. The summed E-state index contributed by atoms with van der Waals surface area (Å²) in [6, 6.07) is 11.2. The fourth-order valence-corrected chi connectivity index (χ4v) is 2.86. The van der Waals surface area contributed by atoms with E-state index in [0.717, 1.165) is 29.0 Å². The summed E-state index contributed by atoms with van der Waals surface area (Å²) < 4.78 is 0. The number of rotatable bonds is 5. The van der Waals surface area contributed by atoms with E-state index in [4.69, 9.17) is 5.73 Å². The first-order valence-corrected chi connectivity index (χ1v) is 8.24. The molecule has 0 spiro atoms. The van der Waals surface area contributed by atoms with Crippen LogP contribution in [0.3, 0.4) is 0 Å². The number of benzene rings is 1. The zero-order valence-electron chi connectivity index (χ0n) is 14.7. The van der Waals surface area contributed by atoms with Gasteiger partial charge in [0.05, 0.1) is 5.69 Å². The SMILES string of the molecule is CNc1c(-c2cc3cc(CN(C)C(C)C)ccc3[nH]2)ccnc1N. The third-order valence-corrected chi connectivity index (χ3v) is 4.52. The second kappa shape index (κ2) is 6.53. The quantitative estimate of drug-likeness (QED) is 0.670. The summed E-state index contributed by atoms with van der Waals surface area (Å²) in [6.07, 6.45) is 1.74. The molecule has 0 fully saturated rings. The number of aromatic amines is 1. The van der Waals surface area contributed by atoms with Crippen molar-refractivity contribution >= 4 is 22.4 Å². The van der Waals surface area contributed by atoms with Crippen molar-refractivity contribution in [2.45, 2.75) is 26.4 Å². The molecule has 0 amide bonds. The van der Waals surface area contributed by atoms with E-state index < -0.39 is 0 Å². The van der Waals surface area contributed by atoms with Crippen LogP contribution in [-0.4, -0.2) is 35.0 Å². The highest BCUT2D eigenvalue weighted by Gasteiger charge is 2.11. The maximum absolute atomic E-state index is 5.98. The number of nitrogens with zero attached hydrogens (tertiary/aromatic N) is 2. The molecule has 126 valence electrons. The number of nitrogens with two attached hydrogens (primary N) is 1. The lowest BCUT2D eigenvalue weighted by molar-refractivity contribution is 0.266. The second-order valence-electron chi connectivity index (χ2n) is 6.48. The van der Waals surface area contributed by atoms with Crippen LogP contribution in [-0.2, 0) is 6.54 Å². The highest BCUT2D eigenvalue weighted by atomic mass is 15.1. The summed E-state index contributed by atoms with van der Waals surface area (Å²) in [4.78, 5) is 9.96. The zero-order valence-corrected chi connectivity index (χ0v) is 14.7. The lowest BCUT2D eigenvalue weighted by Crippen LogP contribution is -2.25. The average molecular weight is 323 g/mol. The molecule has 0 aliphatic rings. The molecule has 3 rings (SSSR count). The highest BCUT2D eigenvalue weighted by Crippen LogP contribution is 2.32. The number of pyridine rings is 1. The fraction of sp³-hybridized carbons (Fsp3) is 0.316. The molecule has 5 heteroatoms. The topological polar surface area (TPSA) is 70.0 Å². The summed E-state index contributed by atoms with van der Waals surface area (Å²) in [5, 5.41) is 4.35. The molecule has 0 unspecified atom stereocenters. The Labute approximate surface area is 142 Å². The Morgan fingerprint density at radius 3 is 2.75 bits per heavy atom. The van der Waals surface area contributed by atoms with Crippen LogP contribution < -0.4 is 11.1 Å². The van der Waals surface area contributed by atoms with E-state index in [0.29, 0.717) is 11.9 Å². The van der Waals surface area contributed by atoms with E-state index in [1.54, 1.807) is 6.20 Å². The van der Waals surface area contributed by atoms with Crippen molar-refractivity contribution in [2.75, 3.05) is 25.1 Å². The second-order valence-corrected chi connectivity index (χ2v) is 6.48. The van der Waals surface area contributed by atoms with Crippen LogP contribution in [0.25, 0.3) is 22.2 Å². The first-order chi connectivity index (χ1) is 11.5. The Morgan fingerprint density at radius 2 is 2.04 bits per heavy atom. The molecule has 1 aromatic carbocycles. The number of hydrogen-bond donors (Lipinski definition) is 3. The molecule has 2 heterocycles. The number of nitrogens with one attached hydrogen (secondary N) is 2. The Balaban J connectivity index is 1.99. The van der Waals surface area contributed by atoms with Gasteiger partial charge in [-0.3, -0.25) is 4.90 Å². The van der Waals surface area contributed by atoms with Crippen LogP contribution in [0.4, 0.5) is 11.5 Å². The maximum Gasteiger partial charge on any atom is 0.147 e. The van der Waals surface area contributed by atoms with E-state index in [9.17, 15) is 0 Å². The standard InChI is InChI=1S/C19H25N5/c1-12(2)24(4)11-13-5-6-16-14(9-13)10-17(23-16)15-7-8-22-19(20)18(15)21-3/h5-10,12,21,23H,11H2,1-4H3,(H2,20,22). The normalized spacial score (nSPS) is 11.6. The van der Waals surface area contributed by atoms with Crippen molar-refractivity contribution in [1.82, 2.24) is 14.9 Å². The molecular weight excluding hydrogens is 298 g/mol. The van der Waals surface area contributed by atoms with Crippen molar-refractivity contribution in [3.63, 3.8) is 0 Å². The van der Waals surface area contributed by atoms with Gasteiger partial charge < -0.3 is 16.0 Å². The van der Waals surface area contributed by atoms with Gasteiger partial charge in [-0.05, 0) is 50.7 Å². The summed E-state index contributed by atoms with van der Waals surface area (Å²) in [7, 11) is 4.01. The van der Waals surface area contributed by atoms with Gasteiger partial charge in [0.15, 0.2) is 0 Å². The molecule has 2 aromatic heterocycles. The van der Waals surface area contributed by atoms with Crippen LogP contribution >= 0.6 is 0 Å². The smallest absolute Gasteiger partial charge is 0.147 e. The minimum atomic E-state index is 0.507. The van der Waals surface area contributed by atoms with Crippen molar-refractivity contribution in [3.8, 4) is 11.3 Å². The van der Waals surface area contributed by atoms with Crippen LogP contribution in [0.15, 0.2) is 36.5 Å². The van der Waals surface area contributed by atoms with Crippen molar-refractivity contribution in [1.29, 1.82) is 0 Å². The Bertz CT molecular complexity index is 850. The van der Waals surface area contributed by atoms with E-state index >= 15 is 0 Å². The van der Waals surface area contributed by atoms with Gasteiger partial charge in [0.1, 0.15) is 5.82 Å². The first kappa shape index (κ1) is 16.3. The third kappa shape index (κ3) is 3.08. The highest BCUT2D eigenvalue weighted by molar-refractivity contribution is 5.91. The van der Waals surface area contributed by atoms with Crippen LogP contribution in [0.2, 0.25) is 0 Å². The number of fused-ring (bicyclic) bond motifs is 1. The van der Waals surface area contributed by atoms with Crippen LogP contribution in [0, 0.1) is 0 Å². The molecule has 0 atom stereocenters. The average Bonchev–Trinajstić information content (AvgIpc) is 2.97. The van der Waals surface area contributed by atoms with Crippen molar-refractivity contribution in [3.05, 3.63) is 42.1 Å². The minimum absolute atomic E-state index is 0.507. The predicted octanol–water partition coefficient (Wildman–Crippen LogP) is 3.69. The predicted molar refractivity (Wildman–Crippen MR) is 102 cm³/mol. The molecule has 4 N–H and O–H groups in total. The minimum Gasteiger partial charge on any atom is -0.385 e. The summed E-state index contributed by atoms with van der Waals surface area (Å²) in [5.41, 5.74) is 11.3. The number of H-pyrrole nitrogens is 1. The van der Waals surface area contributed by atoms with Gasteiger partial charge in [0.2, 0.25) is 0 Å². The van der Waals surface area contributed by atoms with Crippen molar-refractivity contribution < 1.29 is 0 Å². The molecule has 0 radical (unpaired) electrons. The van der Waals surface area contributed by atoms with E-state index in [2.05, 4.69) is 65.3 Å². The summed E-state index contributed by atoms with van der Waals surface area (Å²) >= 11 is 0. The summed E-state index contributed by atoms with van der Waals surface area (Å²) in [6.45, 7) is 5.36. The van der Waals surface area contributed by atoms with Gasteiger partial charge in [0, 0.05) is 48.0 Å². The zero-order chi connectivity index (χ0) is 17.3. The molecule has 0 aliphatic heterocycles. The van der Waals surface area contributed by atoms with Gasteiger partial charge in [-0.1, -0.05) is 6.07 Å². The molecular formula is C19H25N5. The third-order valence-electron chi connectivity index (χ3n) is 4.52. The first-order valence-electron chi connectivity index (χ1n) is 8.24. The Hall–Kier alpha value is -2.53. The number of anilines is 2. The van der Waals surface area contributed by atoms with E-state index in [-0.39, 0.29) is 0 Å². The molecule has 0 bridgehead atoms. The number of hydrogen-bond acceptors (Lipinski definition) is 4. The fourth-order valence-electron chi connectivity index (χ4n) is 2.86. The Morgan fingerprint density at radius 1 is 1.25 bits per heavy atom. The number of nitrogen functional groups attached to an aromatic ring is 1. The van der Waals surface area contributed by atoms with Gasteiger partial charge >= 0.3 is 0 Å². The molecule has 0 aliphatic carbocycles. The molecule has 0 saturated heterocycles. The van der Waals surface area contributed by atoms with Gasteiger partial charge in [0.25, 0.3) is 0 Å². The molecule has 24 heavy (non-hydrogen) atoms. The van der Waals surface area contributed by atoms with Gasteiger partial charge in [-0.25, -0.2) is 4.98 Å². The Kier molecular flexibility index (Phi) is 4.44. The van der Waals surface area contributed by atoms with Crippen LogP contribution in [0.5, 0.6) is 0 Å². The van der Waals surface area contributed by atoms with Gasteiger partial charge in [-0.2, -0.15) is 0 Å². The van der Waals surface area contributed by atoms with E-state index in [1.807, 2.05) is 13.1 Å². The van der Waals surface area contributed by atoms with Gasteiger partial charge in [-0.15, -0.1) is 0 Å². The van der Waals surface area contributed by atoms with Crippen LogP contribution in [0.1, 0.15) is 19.4 Å². The summed E-state index contributed by atoms with van der Waals surface area (Å²) in [5.74, 6) is 0.507. The van der Waals surface area contributed by atoms with Crippen molar-refractivity contribution in [2.24, 2.45) is 0 Å². The molecule has 5 nitrogen and oxygen atoms in total. The maximum atomic E-state index is 5.98. The molecule has 3 aromatic rings. The monoisotopic (exact) mass is 323 g/mol. The largest absolute Gasteiger partial charge is 0.385 e. The van der Waals surface area contributed by atoms with E-state index in [1.165, 1.54) is 10.9 Å².